The lowest BCUT2D eigenvalue weighted by atomic mass is 9.80. The van der Waals surface area contributed by atoms with Crippen LogP contribution in [0.4, 0.5) is 0 Å². The standard InChI is InChI=1S/C61H42/c1-61(2)55-37-42(39-18-5-3-6-19-39)32-34-45(55)46-35-33-43(38-56(46)61)41-22-17-23-44(36-41)58-49-26-11-15-30-53(49)60(54-31-16-12-27-50(54)58)59-51-28-13-9-24-47(51)57(40-20-7-4-8-21-40)48-25-10-14-29-52(48)59/h3-38H,1-2H3. The topological polar surface area (TPSA) is 0 Å². The van der Waals surface area contributed by atoms with Crippen molar-refractivity contribution >= 4 is 43.1 Å². The Labute approximate surface area is 357 Å². The Morgan fingerprint density at radius 1 is 0.230 bits per heavy atom. The molecule has 11 aromatic carbocycles. The summed E-state index contributed by atoms with van der Waals surface area (Å²) in [6.45, 7) is 4.77. The molecule has 12 rings (SSSR count). The number of benzene rings is 11. The highest BCUT2D eigenvalue weighted by molar-refractivity contribution is 6.30. The Balaban J connectivity index is 1.05. The summed E-state index contributed by atoms with van der Waals surface area (Å²) in [5, 5.41) is 10.1. The number of rotatable bonds is 5. The normalized spacial score (nSPS) is 12.9. The SMILES string of the molecule is CC1(C)c2cc(-c3ccccc3)ccc2-c2ccc(-c3cccc(-c4c5ccccc5c(-c5c6ccccc6c(-c6ccccc6)c6ccccc56)c5ccccc45)c3)cc21. The van der Waals surface area contributed by atoms with E-state index in [4.69, 9.17) is 0 Å². The van der Waals surface area contributed by atoms with Gasteiger partial charge in [0.15, 0.2) is 0 Å². The van der Waals surface area contributed by atoms with Gasteiger partial charge in [0.2, 0.25) is 0 Å². The zero-order valence-corrected chi connectivity index (χ0v) is 34.3. The lowest BCUT2D eigenvalue weighted by Gasteiger charge is -2.23. The largest absolute Gasteiger partial charge is 0.0622 e. The van der Waals surface area contributed by atoms with Gasteiger partial charge in [-0.05, 0) is 139 Å². The Bertz CT molecular complexity index is 3420. The molecule has 11 aromatic rings. The number of fused-ring (bicyclic) bond motifs is 7. The molecular weight excluding hydrogens is 733 g/mol. The first-order valence-electron chi connectivity index (χ1n) is 21.4. The van der Waals surface area contributed by atoms with Gasteiger partial charge in [0.1, 0.15) is 0 Å². The highest BCUT2D eigenvalue weighted by atomic mass is 14.4. The summed E-state index contributed by atoms with van der Waals surface area (Å²) in [4.78, 5) is 0. The molecule has 0 bridgehead atoms. The van der Waals surface area contributed by atoms with Crippen LogP contribution in [0.5, 0.6) is 0 Å². The summed E-state index contributed by atoms with van der Waals surface area (Å²) in [5.41, 5.74) is 17.9. The van der Waals surface area contributed by atoms with E-state index < -0.39 is 0 Å². The number of hydrogen-bond donors (Lipinski definition) is 0. The van der Waals surface area contributed by atoms with Crippen molar-refractivity contribution in [1.82, 2.24) is 0 Å². The second-order valence-corrected chi connectivity index (χ2v) is 17.1. The quantitative estimate of drug-likeness (QED) is 0.153. The molecule has 1 aliphatic carbocycles. The van der Waals surface area contributed by atoms with Crippen molar-refractivity contribution in [3.05, 3.63) is 230 Å². The van der Waals surface area contributed by atoms with Crippen LogP contribution in [0.1, 0.15) is 25.0 Å². The van der Waals surface area contributed by atoms with Crippen molar-refractivity contribution in [2.75, 3.05) is 0 Å². The second-order valence-electron chi connectivity index (χ2n) is 17.1. The van der Waals surface area contributed by atoms with Crippen LogP contribution in [-0.4, -0.2) is 0 Å². The van der Waals surface area contributed by atoms with Crippen molar-refractivity contribution in [1.29, 1.82) is 0 Å². The fourth-order valence-corrected chi connectivity index (χ4v) is 10.6. The van der Waals surface area contributed by atoms with Crippen LogP contribution in [0.25, 0.3) is 110 Å². The fourth-order valence-electron chi connectivity index (χ4n) is 10.6. The van der Waals surface area contributed by atoms with Gasteiger partial charge < -0.3 is 0 Å². The molecule has 61 heavy (non-hydrogen) atoms. The summed E-state index contributed by atoms with van der Waals surface area (Å²) in [6, 6.07) is 81.1. The molecule has 0 heterocycles. The van der Waals surface area contributed by atoms with E-state index in [1.165, 1.54) is 121 Å². The van der Waals surface area contributed by atoms with Crippen molar-refractivity contribution in [3.8, 4) is 66.8 Å². The molecular formula is C61H42. The third-order valence-corrected chi connectivity index (χ3v) is 13.4. The molecule has 0 atom stereocenters. The van der Waals surface area contributed by atoms with Crippen molar-refractivity contribution in [2.24, 2.45) is 0 Å². The average molecular weight is 775 g/mol. The number of hydrogen-bond acceptors (Lipinski definition) is 0. The Morgan fingerprint density at radius 2 is 0.541 bits per heavy atom. The molecule has 0 aliphatic heterocycles. The smallest absolute Gasteiger partial charge is 0.0159 e. The maximum Gasteiger partial charge on any atom is 0.0159 e. The van der Waals surface area contributed by atoms with Gasteiger partial charge in [0.25, 0.3) is 0 Å². The van der Waals surface area contributed by atoms with Crippen molar-refractivity contribution in [3.63, 3.8) is 0 Å². The second kappa shape index (κ2) is 13.8. The van der Waals surface area contributed by atoms with Gasteiger partial charge in [-0.3, -0.25) is 0 Å². The molecule has 0 heteroatoms. The molecule has 0 nitrogen and oxygen atoms in total. The summed E-state index contributed by atoms with van der Waals surface area (Å²) in [7, 11) is 0. The first-order valence-corrected chi connectivity index (χ1v) is 21.4. The Kier molecular flexibility index (Phi) is 7.99. The monoisotopic (exact) mass is 774 g/mol. The van der Waals surface area contributed by atoms with E-state index in [1.807, 2.05) is 0 Å². The van der Waals surface area contributed by atoms with Crippen LogP contribution in [0.15, 0.2) is 218 Å². The summed E-state index contributed by atoms with van der Waals surface area (Å²) in [6.07, 6.45) is 0. The van der Waals surface area contributed by atoms with Crippen LogP contribution < -0.4 is 0 Å². The van der Waals surface area contributed by atoms with E-state index in [-0.39, 0.29) is 5.41 Å². The van der Waals surface area contributed by atoms with E-state index in [9.17, 15) is 0 Å². The summed E-state index contributed by atoms with van der Waals surface area (Å²) in [5.74, 6) is 0. The lowest BCUT2D eigenvalue weighted by Crippen LogP contribution is -2.15. The molecule has 286 valence electrons. The van der Waals surface area contributed by atoms with Gasteiger partial charge in [-0.1, -0.05) is 214 Å². The molecule has 0 saturated heterocycles. The fraction of sp³-hybridized carbons (Fsp3) is 0.0492. The highest BCUT2D eigenvalue weighted by Crippen LogP contribution is 2.52. The molecule has 0 radical (unpaired) electrons. The van der Waals surface area contributed by atoms with Crippen LogP contribution >= 0.6 is 0 Å². The van der Waals surface area contributed by atoms with Gasteiger partial charge in [0, 0.05) is 5.41 Å². The maximum absolute atomic E-state index is 2.45. The van der Waals surface area contributed by atoms with Crippen molar-refractivity contribution < 1.29 is 0 Å². The minimum Gasteiger partial charge on any atom is -0.0622 e. The molecule has 0 fully saturated rings. The first kappa shape index (κ1) is 35.4. The zero-order valence-electron chi connectivity index (χ0n) is 34.3. The summed E-state index contributed by atoms with van der Waals surface area (Å²) >= 11 is 0. The lowest BCUT2D eigenvalue weighted by molar-refractivity contribution is 0.661. The third-order valence-electron chi connectivity index (χ3n) is 13.4. The van der Waals surface area contributed by atoms with Gasteiger partial charge in [0.05, 0.1) is 0 Å². The molecule has 1 aliphatic rings. The minimum atomic E-state index is -0.126. The molecule has 0 saturated carbocycles. The van der Waals surface area contributed by atoms with Gasteiger partial charge in [-0.25, -0.2) is 0 Å². The van der Waals surface area contributed by atoms with Crippen LogP contribution in [0.3, 0.4) is 0 Å². The first-order chi connectivity index (χ1) is 30.0. The zero-order chi connectivity index (χ0) is 40.7. The third kappa shape index (κ3) is 5.46. The van der Waals surface area contributed by atoms with Gasteiger partial charge >= 0.3 is 0 Å². The van der Waals surface area contributed by atoms with Gasteiger partial charge in [-0.15, -0.1) is 0 Å². The minimum absolute atomic E-state index is 0.126. The summed E-state index contributed by atoms with van der Waals surface area (Å²) < 4.78 is 0. The highest BCUT2D eigenvalue weighted by Gasteiger charge is 2.36. The molecule has 0 N–H and O–H groups in total. The Hall–Kier alpha value is -7.54. The molecule has 0 aromatic heterocycles. The Morgan fingerprint density at radius 3 is 0.984 bits per heavy atom. The van der Waals surface area contributed by atoms with E-state index in [1.54, 1.807) is 0 Å². The molecule has 0 spiro atoms. The van der Waals surface area contributed by atoms with E-state index in [0.29, 0.717) is 0 Å². The van der Waals surface area contributed by atoms with Crippen molar-refractivity contribution in [2.45, 2.75) is 19.3 Å². The predicted octanol–water partition coefficient (Wildman–Crippen LogP) is 16.9. The molecule has 0 unspecified atom stereocenters. The van der Waals surface area contributed by atoms with Gasteiger partial charge in [-0.2, -0.15) is 0 Å². The van der Waals surface area contributed by atoms with Crippen LogP contribution in [-0.2, 0) is 5.41 Å². The maximum atomic E-state index is 2.45. The van der Waals surface area contributed by atoms with E-state index in [2.05, 4.69) is 232 Å². The van der Waals surface area contributed by atoms with E-state index >= 15 is 0 Å². The average Bonchev–Trinajstić information content (AvgIpc) is 3.55. The van der Waals surface area contributed by atoms with Crippen LogP contribution in [0, 0.1) is 0 Å². The van der Waals surface area contributed by atoms with Crippen LogP contribution in [0.2, 0.25) is 0 Å². The molecule has 0 amide bonds. The van der Waals surface area contributed by atoms with E-state index in [0.717, 1.165) is 0 Å². The predicted molar refractivity (Wildman–Crippen MR) is 261 cm³/mol.